The van der Waals surface area contributed by atoms with Crippen LogP contribution in [-0.4, -0.2) is 50.4 Å². The number of nitrogens with zero attached hydrogens (tertiary/aromatic N) is 2. The molecule has 0 aliphatic carbocycles. The van der Waals surface area contributed by atoms with Gasteiger partial charge in [-0.15, -0.1) is 0 Å². The molecule has 1 amide bonds. The monoisotopic (exact) mass is 633 g/mol. The third kappa shape index (κ3) is 8.04. The van der Waals surface area contributed by atoms with Gasteiger partial charge in [0.1, 0.15) is 24.7 Å². The van der Waals surface area contributed by atoms with E-state index in [-0.39, 0.29) is 18.8 Å². The highest BCUT2D eigenvalue weighted by molar-refractivity contribution is 5.82. The molecule has 6 rings (SSSR count). The molecule has 47 heavy (non-hydrogen) atoms. The van der Waals surface area contributed by atoms with Gasteiger partial charge in [0.2, 0.25) is 6.79 Å². The predicted molar refractivity (Wildman–Crippen MR) is 177 cm³/mol. The fourth-order valence-corrected chi connectivity index (χ4v) is 5.65. The molecule has 4 aromatic rings. The maximum atomic E-state index is 11.9. The second kappa shape index (κ2) is 14.6. The molecule has 9 heteroatoms. The van der Waals surface area contributed by atoms with Gasteiger partial charge in [-0.1, -0.05) is 36.4 Å². The SMILES string of the molecule is Cc1cc(CN(C)CCCNC(=O)C2CO2)c(OCc2cccc(C#N)c2)cc1OCc1cccc(-c2ccc3c(c2)OCO3)c1C. The van der Waals surface area contributed by atoms with Gasteiger partial charge in [0.15, 0.2) is 17.6 Å². The largest absolute Gasteiger partial charge is 0.488 e. The zero-order valence-corrected chi connectivity index (χ0v) is 27.0. The molecule has 242 valence electrons. The van der Waals surface area contributed by atoms with Gasteiger partial charge in [0.25, 0.3) is 5.91 Å². The Kier molecular flexibility index (Phi) is 9.91. The zero-order valence-electron chi connectivity index (χ0n) is 27.0. The first-order chi connectivity index (χ1) is 22.9. The standard InChI is InChI=1S/C38H39N3O6/c1-25-15-31(20-41(3)14-6-13-40-38(42)37-23-45-37)35(43-21-28-8-4-7-27(16-28)19-39)18-34(25)44-22-30-9-5-10-32(26(30)2)29-11-12-33-36(17-29)47-24-46-33/h4-5,7-12,15-18,37H,6,13-14,20-24H2,1-3H3,(H,40,42). The minimum atomic E-state index is -0.270. The Morgan fingerprint density at radius 3 is 2.60 bits per heavy atom. The van der Waals surface area contributed by atoms with Gasteiger partial charge >= 0.3 is 0 Å². The summed E-state index contributed by atoms with van der Waals surface area (Å²) in [5, 5.41) is 12.3. The summed E-state index contributed by atoms with van der Waals surface area (Å²) in [4.78, 5) is 14.1. The molecule has 0 aromatic heterocycles. The number of fused-ring (bicyclic) bond motifs is 1. The molecule has 0 saturated carbocycles. The van der Waals surface area contributed by atoms with Crippen molar-refractivity contribution in [2.24, 2.45) is 0 Å². The molecule has 2 aliphatic rings. The van der Waals surface area contributed by atoms with Gasteiger partial charge in [-0.3, -0.25) is 4.79 Å². The summed E-state index contributed by atoms with van der Waals surface area (Å²) in [6, 6.07) is 26.0. The minimum absolute atomic E-state index is 0.0372. The van der Waals surface area contributed by atoms with Crippen LogP contribution in [0.3, 0.4) is 0 Å². The maximum absolute atomic E-state index is 11.9. The van der Waals surface area contributed by atoms with Crippen LogP contribution in [-0.2, 0) is 29.3 Å². The summed E-state index contributed by atoms with van der Waals surface area (Å²) in [6.07, 6.45) is 0.546. The van der Waals surface area contributed by atoms with Crippen LogP contribution in [0, 0.1) is 25.2 Å². The molecule has 0 spiro atoms. The van der Waals surface area contributed by atoms with Crippen LogP contribution in [0.2, 0.25) is 0 Å². The molecule has 0 radical (unpaired) electrons. The normalized spacial score (nSPS) is 14.5. The second-order valence-electron chi connectivity index (χ2n) is 12.0. The van der Waals surface area contributed by atoms with Crippen molar-refractivity contribution < 1.29 is 28.5 Å². The fraction of sp³-hybridized carbons (Fsp3) is 0.316. The zero-order chi connectivity index (χ0) is 32.8. The quantitative estimate of drug-likeness (QED) is 0.132. The van der Waals surface area contributed by atoms with Crippen molar-refractivity contribution in [3.63, 3.8) is 0 Å². The van der Waals surface area contributed by atoms with Gasteiger partial charge in [-0.25, -0.2) is 0 Å². The maximum Gasteiger partial charge on any atom is 0.251 e. The van der Waals surface area contributed by atoms with Crippen molar-refractivity contribution in [1.82, 2.24) is 10.2 Å². The Balaban J connectivity index is 1.17. The fourth-order valence-electron chi connectivity index (χ4n) is 5.65. The van der Waals surface area contributed by atoms with Crippen LogP contribution in [0.15, 0.2) is 72.8 Å². The van der Waals surface area contributed by atoms with Crippen LogP contribution in [0.25, 0.3) is 11.1 Å². The van der Waals surface area contributed by atoms with Crippen molar-refractivity contribution >= 4 is 5.91 Å². The molecule has 2 heterocycles. The number of benzene rings is 4. The number of aryl methyl sites for hydroxylation is 1. The van der Waals surface area contributed by atoms with E-state index < -0.39 is 0 Å². The highest BCUT2D eigenvalue weighted by Crippen LogP contribution is 2.38. The van der Waals surface area contributed by atoms with Crippen LogP contribution in [0.5, 0.6) is 23.0 Å². The van der Waals surface area contributed by atoms with Crippen LogP contribution >= 0.6 is 0 Å². The predicted octanol–water partition coefficient (Wildman–Crippen LogP) is 6.07. The number of hydrogen-bond acceptors (Lipinski definition) is 8. The van der Waals surface area contributed by atoms with E-state index in [2.05, 4.69) is 54.5 Å². The van der Waals surface area contributed by atoms with Crippen LogP contribution in [0.1, 0.15) is 39.8 Å². The van der Waals surface area contributed by atoms with Crippen molar-refractivity contribution in [1.29, 1.82) is 5.26 Å². The number of nitriles is 1. The molecule has 1 saturated heterocycles. The Hall–Kier alpha value is -5.04. The number of carbonyl (C=O) groups excluding carboxylic acids is 1. The van der Waals surface area contributed by atoms with E-state index in [1.54, 1.807) is 6.07 Å². The number of amides is 1. The Bertz CT molecular complexity index is 1800. The Labute approximate surface area is 275 Å². The lowest BCUT2D eigenvalue weighted by molar-refractivity contribution is -0.122. The highest BCUT2D eigenvalue weighted by Gasteiger charge is 2.30. The lowest BCUT2D eigenvalue weighted by Crippen LogP contribution is -2.31. The van der Waals surface area contributed by atoms with E-state index in [9.17, 15) is 10.1 Å². The van der Waals surface area contributed by atoms with Gasteiger partial charge in [-0.05, 0) is 97.6 Å². The van der Waals surface area contributed by atoms with Crippen LogP contribution in [0.4, 0.5) is 0 Å². The van der Waals surface area contributed by atoms with Crippen molar-refractivity contribution in [3.05, 3.63) is 106 Å². The number of hydrogen-bond donors (Lipinski definition) is 1. The number of ether oxygens (including phenoxy) is 5. The average Bonchev–Trinajstić information content (AvgIpc) is 3.83. The summed E-state index contributed by atoms with van der Waals surface area (Å²) in [6.45, 7) is 7.69. The number of carbonyl (C=O) groups is 1. The lowest BCUT2D eigenvalue weighted by atomic mass is 9.96. The minimum Gasteiger partial charge on any atom is -0.488 e. The average molecular weight is 634 g/mol. The first-order valence-electron chi connectivity index (χ1n) is 15.8. The summed E-state index contributed by atoms with van der Waals surface area (Å²) < 4.78 is 29.0. The van der Waals surface area contributed by atoms with E-state index in [0.717, 1.165) is 74.9 Å². The molecule has 2 aliphatic heterocycles. The molecular formula is C38H39N3O6. The molecule has 4 aromatic carbocycles. The van der Waals surface area contributed by atoms with E-state index in [1.807, 2.05) is 49.4 Å². The lowest BCUT2D eigenvalue weighted by Gasteiger charge is -2.21. The van der Waals surface area contributed by atoms with Crippen molar-refractivity contribution in [2.75, 3.05) is 33.5 Å². The summed E-state index contributed by atoms with van der Waals surface area (Å²) in [5.74, 6) is 2.96. The van der Waals surface area contributed by atoms with E-state index >= 15 is 0 Å². The molecule has 1 N–H and O–H groups in total. The van der Waals surface area contributed by atoms with Crippen molar-refractivity contribution in [3.8, 4) is 40.2 Å². The molecule has 0 bridgehead atoms. The third-order valence-electron chi connectivity index (χ3n) is 8.40. The van der Waals surface area contributed by atoms with Gasteiger partial charge < -0.3 is 33.9 Å². The summed E-state index contributed by atoms with van der Waals surface area (Å²) in [5.41, 5.74) is 7.95. The summed E-state index contributed by atoms with van der Waals surface area (Å²) in [7, 11) is 2.06. The molecule has 1 unspecified atom stereocenters. The van der Waals surface area contributed by atoms with E-state index in [4.69, 9.17) is 23.7 Å². The highest BCUT2D eigenvalue weighted by atomic mass is 16.7. The smallest absolute Gasteiger partial charge is 0.251 e. The molecular weight excluding hydrogens is 594 g/mol. The van der Waals surface area contributed by atoms with Gasteiger partial charge in [0.05, 0.1) is 18.2 Å². The molecule has 1 atom stereocenters. The topological polar surface area (TPSA) is 106 Å². The first-order valence-corrected chi connectivity index (χ1v) is 15.8. The van der Waals surface area contributed by atoms with E-state index in [0.29, 0.717) is 38.5 Å². The third-order valence-corrected chi connectivity index (χ3v) is 8.40. The molecule has 1 fully saturated rings. The first kappa shape index (κ1) is 31.9. The molecule has 9 nitrogen and oxygen atoms in total. The van der Waals surface area contributed by atoms with Crippen molar-refractivity contribution in [2.45, 2.75) is 46.1 Å². The summed E-state index contributed by atoms with van der Waals surface area (Å²) >= 11 is 0. The Morgan fingerprint density at radius 1 is 0.957 bits per heavy atom. The van der Waals surface area contributed by atoms with Gasteiger partial charge in [-0.2, -0.15) is 5.26 Å². The number of epoxide rings is 1. The van der Waals surface area contributed by atoms with E-state index in [1.165, 1.54) is 0 Å². The second-order valence-corrected chi connectivity index (χ2v) is 12.0. The van der Waals surface area contributed by atoms with Gasteiger partial charge in [0, 0.05) is 24.7 Å². The number of rotatable bonds is 14. The Morgan fingerprint density at radius 2 is 1.77 bits per heavy atom. The van der Waals surface area contributed by atoms with Crippen LogP contribution < -0.4 is 24.3 Å². The number of nitrogens with one attached hydrogen (secondary N) is 1.